The van der Waals surface area contributed by atoms with E-state index in [1.807, 2.05) is 0 Å². The fourth-order valence-corrected chi connectivity index (χ4v) is 3.21. The van der Waals surface area contributed by atoms with Crippen molar-refractivity contribution in [1.29, 1.82) is 0 Å². The first-order valence-electron chi connectivity index (χ1n) is 9.90. The molecule has 2 heterocycles. The second-order valence-corrected chi connectivity index (χ2v) is 6.97. The number of rotatable bonds is 9. The fraction of sp³-hybridized carbons (Fsp3) is 0.944. The Morgan fingerprint density at radius 3 is 2.28 bits per heavy atom. The van der Waals surface area contributed by atoms with E-state index < -0.39 is 0 Å². The van der Waals surface area contributed by atoms with E-state index in [4.69, 9.17) is 14.5 Å². The van der Waals surface area contributed by atoms with Crippen molar-refractivity contribution >= 4 is 5.96 Å². The van der Waals surface area contributed by atoms with Gasteiger partial charge in [0.1, 0.15) is 0 Å². The van der Waals surface area contributed by atoms with E-state index in [2.05, 4.69) is 34.3 Å². The van der Waals surface area contributed by atoms with Gasteiger partial charge in [0.05, 0.1) is 26.4 Å². The summed E-state index contributed by atoms with van der Waals surface area (Å²) in [6.45, 7) is 17.0. The van der Waals surface area contributed by atoms with Gasteiger partial charge >= 0.3 is 0 Å². The van der Waals surface area contributed by atoms with Gasteiger partial charge in [0.2, 0.25) is 0 Å². The third-order valence-electron chi connectivity index (χ3n) is 4.63. The van der Waals surface area contributed by atoms with Crippen LogP contribution in [0, 0.1) is 5.92 Å². The van der Waals surface area contributed by atoms with E-state index in [0.29, 0.717) is 5.92 Å². The Hall–Kier alpha value is -0.890. The van der Waals surface area contributed by atoms with Gasteiger partial charge in [0, 0.05) is 52.4 Å². The lowest BCUT2D eigenvalue weighted by atomic mass is 10.1. The molecule has 1 unspecified atom stereocenters. The molecule has 0 radical (unpaired) electrons. The lowest BCUT2D eigenvalue weighted by molar-refractivity contribution is 0.0323. The van der Waals surface area contributed by atoms with Crippen molar-refractivity contribution in [3.05, 3.63) is 0 Å². The molecule has 7 heteroatoms. The number of nitrogens with one attached hydrogen (secondary N) is 2. The minimum Gasteiger partial charge on any atom is -0.379 e. The average Bonchev–Trinajstić information content (AvgIpc) is 2.65. The molecule has 0 aromatic rings. The molecule has 0 amide bonds. The van der Waals surface area contributed by atoms with Crippen LogP contribution in [0.1, 0.15) is 20.3 Å². The molecule has 2 fully saturated rings. The normalized spacial score (nSPS) is 21.9. The summed E-state index contributed by atoms with van der Waals surface area (Å²) in [5.41, 5.74) is 0. The second kappa shape index (κ2) is 12.5. The highest BCUT2D eigenvalue weighted by Gasteiger charge is 2.13. The summed E-state index contributed by atoms with van der Waals surface area (Å²) in [5.74, 6) is 1.50. The fourth-order valence-electron chi connectivity index (χ4n) is 3.21. The predicted octanol–water partition coefficient (Wildman–Crippen LogP) is 0.232. The molecule has 2 N–H and O–H groups in total. The van der Waals surface area contributed by atoms with Gasteiger partial charge in [-0.05, 0) is 25.8 Å². The molecule has 2 aliphatic rings. The Bertz CT molecular complexity index is 368. The van der Waals surface area contributed by atoms with Crippen LogP contribution in [0.2, 0.25) is 0 Å². The van der Waals surface area contributed by atoms with E-state index in [1.165, 1.54) is 0 Å². The highest BCUT2D eigenvalue weighted by Crippen LogP contribution is 2.04. The van der Waals surface area contributed by atoms with E-state index in [0.717, 1.165) is 97.7 Å². The molecule has 25 heavy (non-hydrogen) atoms. The molecule has 7 nitrogen and oxygen atoms in total. The molecule has 0 spiro atoms. The molecule has 0 aromatic heterocycles. The number of morpholine rings is 2. The van der Waals surface area contributed by atoms with Gasteiger partial charge in [0.25, 0.3) is 0 Å². The van der Waals surface area contributed by atoms with Crippen LogP contribution >= 0.6 is 0 Å². The molecular weight excluding hydrogens is 318 g/mol. The molecule has 1 atom stereocenters. The number of hydrogen-bond acceptors (Lipinski definition) is 5. The third kappa shape index (κ3) is 8.85. The van der Waals surface area contributed by atoms with Crippen LogP contribution in [-0.2, 0) is 9.47 Å². The minimum atomic E-state index is 0.557. The van der Waals surface area contributed by atoms with Gasteiger partial charge in [-0.25, -0.2) is 0 Å². The molecule has 0 aliphatic carbocycles. The van der Waals surface area contributed by atoms with Crippen molar-refractivity contribution in [3.8, 4) is 0 Å². The van der Waals surface area contributed by atoms with Gasteiger partial charge in [0.15, 0.2) is 5.96 Å². The van der Waals surface area contributed by atoms with Gasteiger partial charge in [-0.15, -0.1) is 0 Å². The van der Waals surface area contributed by atoms with Gasteiger partial charge in [-0.3, -0.25) is 14.8 Å². The third-order valence-corrected chi connectivity index (χ3v) is 4.63. The second-order valence-electron chi connectivity index (χ2n) is 6.97. The minimum absolute atomic E-state index is 0.557. The maximum absolute atomic E-state index is 5.41. The van der Waals surface area contributed by atoms with Crippen molar-refractivity contribution in [2.24, 2.45) is 10.9 Å². The summed E-state index contributed by atoms with van der Waals surface area (Å²) in [7, 11) is 0. The number of guanidine groups is 1. The monoisotopic (exact) mass is 355 g/mol. The Labute approximate surface area is 153 Å². The Morgan fingerprint density at radius 2 is 1.64 bits per heavy atom. The summed E-state index contributed by atoms with van der Waals surface area (Å²) in [5, 5.41) is 6.82. The highest BCUT2D eigenvalue weighted by molar-refractivity contribution is 5.79. The van der Waals surface area contributed by atoms with Crippen molar-refractivity contribution in [2.45, 2.75) is 20.3 Å². The first-order chi connectivity index (χ1) is 12.3. The van der Waals surface area contributed by atoms with E-state index in [-0.39, 0.29) is 0 Å². The summed E-state index contributed by atoms with van der Waals surface area (Å²) in [6.07, 6.45) is 1.13. The van der Waals surface area contributed by atoms with Crippen LogP contribution in [0.25, 0.3) is 0 Å². The van der Waals surface area contributed by atoms with Gasteiger partial charge in [-0.2, -0.15) is 0 Å². The Kier molecular flexibility index (Phi) is 10.2. The van der Waals surface area contributed by atoms with Crippen molar-refractivity contribution < 1.29 is 9.47 Å². The van der Waals surface area contributed by atoms with E-state index in [9.17, 15) is 0 Å². The summed E-state index contributed by atoms with van der Waals surface area (Å²) in [4.78, 5) is 9.72. The zero-order chi connectivity index (χ0) is 17.7. The molecule has 2 saturated heterocycles. The Balaban J connectivity index is 1.62. The van der Waals surface area contributed by atoms with Crippen LogP contribution in [-0.4, -0.2) is 101 Å². The molecular formula is C18H37N5O2. The van der Waals surface area contributed by atoms with Crippen LogP contribution in [0.5, 0.6) is 0 Å². The maximum atomic E-state index is 5.41. The SMILES string of the molecule is CCNC(=NCC(C)CN1CCOCC1)NCCCN1CCOCC1. The molecule has 0 aromatic carbocycles. The quantitative estimate of drug-likeness (QED) is 0.351. The smallest absolute Gasteiger partial charge is 0.191 e. The number of hydrogen-bond donors (Lipinski definition) is 2. The van der Waals surface area contributed by atoms with Gasteiger partial charge in [-0.1, -0.05) is 6.92 Å². The molecule has 2 aliphatic heterocycles. The van der Waals surface area contributed by atoms with Crippen LogP contribution in [0.3, 0.4) is 0 Å². The lowest BCUT2D eigenvalue weighted by Crippen LogP contribution is -2.41. The molecule has 0 saturated carbocycles. The lowest BCUT2D eigenvalue weighted by Gasteiger charge is -2.28. The highest BCUT2D eigenvalue weighted by atomic mass is 16.5. The first-order valence-corrected chi connectivity index (χ1v) is 9.90. The zero-order valence-corrected chi connectivity index (χ0v) is 16.1. The topological polar surface area (TPSA) is 61.4 Å². The molecule has 0 bridgehead atoms. The molecule has 146 valence electrons. The van der Waals surface area contributed by atoms with Crippen LogP contribution in [0.4, 0.5) is 0 Å². The predicted molar refractivity (Wildman–Crippen MR) is 102 cm³/mol. The molecule has 2 rings (SSSR count). The van der Waals surface area contributed by atoms with Crippen molar-refractivity contribution in [3.63, 3.8) is 0 Å². The zero-order valence-electron chi connectivity index (χ0n) is 16.1. The maximum Gasteiger partial charge on any atom is 0.191 e. The van der Waals surface area contributed by atoms with Crippen LogP contribution in [0.15, 0.2) is 4.99 Å². The number of nitrogens with zero attached hydrogens (tertiary/aromatic N) is 3. The van der Waals surface area contributed by atoms with Crippen molar-refractivity contribution in [2.75, 3.05) is 85.3 Å². The van der Waals surface area contributed by atoms with Gasteiger partial charge < -0.3 is 20.1 Å². The number of aliphatic imine (C=N–C) groups is 1. The average molecular weight is 356 g/mol. The Morgan fingerprint density at radius 1 is 1.00 bits per heavy atom. The largest absolute Gasteiger partial charge is 0.379 e. The summed E-state index contributed by atoms with van der Waals surface area (Å²) < 4.78 is 10.8. The number of ether oxygens (including phenoxy) is 2. The first kappa shape index (κ1) is 20.4. The summed E-state index contributed by atoms with van der Waals surface area (Å²) >= 11 is 0. The van der Waals surface area contributed by atoms with Crippen molar-refractivity contribution in [1.82, 2.24) is 20.4 Å². The van der Waals surface area contributed by atoms with Crippen LogP contribution < -0.4 is 10.6 Å². The van der Waals surface area contributed by atoms with E-state index in [1.54, 1.807) is 0 Å². The summed E-state index contributed by atoms with van der Waals surface area (Å²) in [6, 6.07) is 0. The standard InChI is InChI=1S/C18H37N5O2/c1-3-19-18(20-5-4-6-22-7-11-24-12-8-22)21-15-17(2)16-23-9-13-25-14-10-23/h17H,3-16H2,1-2H3,(H2,19,20,21). The van der Waals surface area contributed by atoms with E-state index >= 15 is 0 Å².